The van der Waals surface area contributed by atoms with Gasteiger partial charge >= 0.3 is 0 Å². The maximum Gasteiger partial charge on any atom is 0.0672 e. The van der Waals surface area contributed by atoms with Crippen LogP contribution in [0.5, 0.6) is 0 Å². The smallest absolute Gasteiger partial charge is 0.0672 e. The molecule has 0 bridgehead atoms. The van der Waals surface area contributed by atoms with Gasteiger partial charge in [-0.25, -0.2) is 0 Å². The molecule has 3 nitrogen and oxygen atoms in total. The van der Waals surface area contributed by atoms with Crippen molar-refractivity contribution in [2.75, 3.05) is 18.6 Å². The van der Waals surface area contributed by atoms with Gasteiger partial charge in [0.25, 0.3) is 0 Å². The van der Waals surface area contributed by atoms with E-state index in [-0.39, 0.29) is 5.92 Å². The molecule has 3 unspecified atom stereocenters. The van der Waals surface area contributed by atoms with Crippen molar-refractivity contribution in [1.29, 1.82) is 5.26 Å². The molecule has 0 aromatic carbocycles. The molecule has 0 aliphatic heterocycles. The molecule has 3 atom stereocenters. The average molecular weight is 228 g/mol. The van der Waals surface area contributed by atoms with Crippen molar-refractivity contribution in [3.63, 3.8) is 0 Å². The molecule has 1 fully saturated rings. The summed E-state index contributed by atoms with van der Waals surface area (Å²) in [6.45, 7) is 0.891. The van der Waals surface area contributed by atoms with Crippen molar-refractivity contribution >= 4 is 10.8 Å². The molecule has 0 aromatic rings. The Morgan fingerprint density at radius 1 is 1.47 bits per heavy atom. The first-order valence-electron chi connectivity index (χ1n) is 5.67. The van der Waals surface area contributed by atoms with Gasteiger partial charge in [0.05, 0.1) is 12.0 Å². The lowest BCUT2D eigenvalue weighted by atomic mass is 9.85. The second-order valence-corrected chi connectivity index (χ2v) is 5.77. The lowest BCUT2D eigenvalue weighted by Gasteiger charge is -2.27. The molecule has 1 saturated carbocycles. The van der Waals surface area contributed by atoms with Gasteiger partial charge in [0.1, 0.15) is 0 Å². The van der Waals surface area contributed by atoms with Gasteiger partial charge in [0, 0.05) is 28.9 Å². The molecule has 15 heavy (non-hydrogen) atoms. The van der Waals surface area contributed by atoms with Gasteiger partial charge in [-0.2, -0.15) is 5.26 Å². The van der Waals surface area contributed by atoms with Crippen LogP contribution in [0.3, 0.4) is 0 Å². The largest absolute Gasteiger partial charge is 0.313 e. The van der Waals surface area contributed by atoms with Crippen LogP contribution in [0.15, 0.2) is 0 Å². The average Bonchev–Trinajstić information content (AvgIpc) is 2.24. The van der Waals surface area contributed by atoms with E-state index in [4.69, 9.17) is 5.26 Å². The highest BCUT2D eigenvalue weighted by Gasteiger charge is 2.23. The Kier molecular flexibility index (Phi) is 5.89. The Morgan fingerprint density at radius 3 is 2.87 bits per heavy atom. The maximum absolute atomic E-state index is 10.8. The molecule has 0 saturated heterocycles. The Balaban J connectivity index is 2.18. The second kappa shape index (κ2) is 6.97. The molecule has 0 aromatic heterocycles. The lowest BCUT2D eigenvalue weighted by Crippen LogP contribution is -2.38. The Morgan fingerprint density at radius 2 is 2.20 bits per heavy atom. The molecule has 0 spiro atoms. The van der Waals surface area contributed by atoms with Gasteiger partial charge in [0.2, 0.25) is 0 Å². The van der Waals surface area contributed by atoms with E-state index in [9.17, 15) is 4.21 Å². The van der Waals surface area contributed by atoms with Crippen molar-refractivity contribution in [2.24, 2.45) is 5.92 Å². The number of nitrogens with zero attached hydrogens (tertiary/aromatic N) is 1. The summed E-state index contributed by atoms with van der Waals surface area (Å²) in [5, 5.41) is 12.4. The van der Waals surface area contributed by atoms with E-state index in [0.29, 0.717) is 6.04 Å². The lowest BCUT2D eigenvalue weighted by molar-refractivity contribution is 0.313. The number of hydrogen-bond acceptors (Lipinski definition) is 3. The summed E-state index contributed by atoms with van der Waals surface area (Å²) in [7, 11) is -0.688. The van der Waals surface area contributed by atoms with Crippen LogP contribution in [-0.4, -0.2) is 28.8 Å². The minimum absolute atomic E-state index is 0.186. The van der Waals surface area contributed by atoms with Crippen LogP contribution in [0.25, 0.3) is 0 Å². The van der Waals surface area contributed by atoms with Crippen molar-refractivity contribution in [3.8, 4) is 6.07 Å². The van der Waals surface area contributed by atoms with E-state index in [1.54, 1.807) is 6.26 Å². The first-order chi connectivity index (χ1) is 7.24. The highest BCUT2D eigenvalue weighted by atomic mass is 32.2. The molecule has 0 heterocycles. The SMILES string of the molecule is CS(=O)CCCNC1CCCCC1C#N. The third-order valence-electron chi connectivity index (χ3n) is 2.95. The van der Waals surface area contributed by atoms with E-state index >= 15 is 0 Å². The second-order valence-electron chi connectivity index (χ2n) is 4.21. The van der Waals surface area contributed by atoms with E-state index in [1.165, 1.54) is 12.8 Å². The number of rotatable bonds is 5. The summed E-state index contributed by atoms with van der Waals surface area (Å²) in [4.78, 5) is 0. The summed E-state index contributed by atoms with van der Waals surface area (Å²) in [6, 6.07) is 2.75. The third kappa shape index (κ3) is 4.76. The Hall–Kier alpha value is -0.400. The summed E-state index contributed by atoms with van der Waals surface area (Å²) in [5.41, 5.74) is 0. The topological polar surface area (TPSA) is 52.9 Å². The molecule has 4 heteroatoms. The molecule has 1 rings (SSSR count). The number of nitrogens with one attached hydrogen (secondary N) is 1. The first-order valence-corrected chi connectivity index (χ1v) is 7.40. The van der Waals surface area contributed by atoms with Gasteiger partial charge in [-0.1, -0.05) is 12.8 Å². The van der Waals surface area contributed by atoms with Crippen molar-refractivity contribution < 1.29 is 4.21 Å². The fourth-order valence-corrected chi connectivity index (χ4v) is 2.64. The summed E-state index contributed by atoms with van der Waals surface area (Å²) in [5.74, 6) is 0.947. The third-order valence-corrected chi connectivity index (χ3v) is 3.81. The van der Waals surface area contributed by atoms with Crippen LogP contribution in [-0.2, 0) is 10.8 Å². The van der Waals surface area contributed by atoms with Gasteiger partial charge in [-0.3, -0.25) is 4.21 Å². The van der Waals surface area contributed by atoms with Gasteiger partial charge in [-0.05, 0) is 25.8 Å². The molecular formula is C11H20N2OS. The first kappa shape index (κ1) is 12.7. The van der Waals surface area contributed by atoms with Crippen LogP contribution in [0.4, 0.5) is 0 Å². The van der Waals surface area contributed by atoms with Crippen LogP contribution < -0.4 is 5.32 Å². The predicted molar refractivity (Wildman–Crippen MR) is 62.9 cm³/mol. The standard InChI is InChI=1S/C11H20N2OS/c1-15(14)8-4-7-13-11-6-3-2-5-10(11)9-12/h10-11,13H,2-8H2,1H3. The molecule has 86 valence electrons. The molecular weight excluding hydrogens is 208 g/mol. The minimum Gasteiger partial charge on any atom is -0.313 e. The molecule has 1 aliphatic carbocycles. The summed E-state index contributed by atoms with van der Waals surface area (Å²) >= 11 is 0. The van der Waals surface area contributed by atoms with Crippen molar-refractivity contribution in [1.82, 2.24) is 5.32 Å². The fraction of sp³-hybridized carbons (Fsp3) is 0.909. The quantitative estimate of drug-likeness (QED) is 0.724. The molecule has 0 amide bonds. The zero-order valence-electron chi connectivity index (χ0n) is 9.37. The number of hydrogen-bond donors (Lipinski definition) is 1. The monoisotopic (exact) mass is 228 g/mol. The molecule has 1 N–H and O–H groups in total. The summed E-state index contributed by atoms with van der Waals surface area (Å²) < 4.78 is 10.8. The summed E-state index contributed by atoms with van der Waals surface area (Å²) in [6.07, 6.45) is 7.25. The van der Waals surface area contributed by atoms with Crippen LogP contribution >= 0.6 is 0 Å². The van der Waals surface area contributed by atoms with E-state index in [2.05, 4.69) is 11.4 Å². The van der Waals surface area contributed by atoms with E-state index in [1.807, 2.05) is 0 Å². The van der Waals surface area contributed by atoms with Gasteiger partial charge < -0.3 is 5.32 Å². The Labute approximate surface area is 94.7 Å². The molecule has 0 radical (unpaired) electrons. The van der Waals surface area contributed by atoms with Crippen LogP contribution in [0, 0.1) is 17.2 Å². The van der Waals surface area contributed by atoms with Gasteiger partial charge in [0.15, 0.2) is 0 Å². The zero-order valence-corrected chi connectivity index (χ0v) is 10.2. The van der Waals surface area contributed by atoms with Crippen LogP contribution in [0.1, 0.15) is 32.1 Å². The molecule has 1 aliphatic rings. The number of nitriles is 1. The highest BCUT2D eigenvalue weighted by molar-refractivity contribution is 7.84. The zero-order chi connectivity index (χ0) is 11.1. The minimum atomic E-state index is -0.688. The van der Waals surface area contributed by atoms with Crippen LogP contribution in [0.2, 0.25) is 0 Å². The normalized spacial score (nSPS) is 28.3. The highest BCUT2D eigenvalue weighted by Crippen LogP contribution is 2.23. The van der Waals surface area contributed by atoms with Crippen molar-refractivity contribution in [2.45, 2.75) is 38.1 Å². The Bertz CT molecular complexity index is 249. The van der Waals surface area contributed by atoms with E-state index in [0.717, 1.165) is 31.6 Å². The predicted octanol–water partition coefficient (Wildman–Crippen LogP) is 1.43. The van der Waals surface area contributed by atoms with Crippen molar-refractivity contribution in [3.05, 3.63) is 0 Å². The van der Waals surface area contributed by atoms with E-state index < -0.39 is 10.8 Å². The maximum atomic E-state index is 10.8. The van der Waals surface area contributed by atoms with Gasteiger partial charge in [-0.15, -0.1) is 0 Å². The fourth-order valence-electron chi connectivity index (χ4n) is 2.09.